The van der Waals surface area contributed by atoms with Crippen LogP contribution in [0.1, 0.15) is 45.0 Å². The summed E-state index contributed by atoms with van der Waals surface area (Å²) >= 11 is 0. The summed E-state index contributed by atoms with van der Waals surface area (Å²) in [6, 6.07) is 8.63. The zero-order valence-corrected chi connectivity index (χ0v) is 24.6. The molecule has 11 nitrogen and oxygen atoms in total. The molecule has 11 heteroatoms. The number of allylic oxidation sites excluding steroid dienone is 2. The average Bonchev–Trinajstić information content (AvgIpc) is 3.59. The molecule has 41 heavy (non-hydrogen) atoms. The molecule has 2 saturated heterocycles. The lowest BCUT2D eigenvalue weighted by molar-refractivity contribution is 0.0282. The van der Waals surface area contributed by atoms with E-state index in [0.29, 0.717) is 44.2 Å². The third kappa shape index (κ3) is 5.57. The SMILES string of the molecule is CC(C)=CCn1c(N2CC3CN(C(=O)OC(C)(C)C)CC3C2)nc2c1c(=O)n(CC(=O)c1ccccc1)c(=O)n2C. The topological polar surface area (TPSA) is 112 Å². The highest BCUT2D eigenvalue weighted by Crippen LogP contribution is 2.35. The molecule has 0 saturated carbocycles. The van der Waals surface area contributed by atoms with E-state index in [-0.39, 0.29) is 41.4 Å². The van der Waals surface area contributed by atoms with Gasteiger partial charge in [-0.25, -0.2) is 9.59 Å². The molecule has 2 unspecified atom stereocenters. The minimum atomic E-state index is -0.587. The maximum atomic E-state index is 13.8. The van der Waals surface area contributed by atoms with Gasteiger partial charge in [-0.1, -0.05) is 42.0 Å². The molecule has 2 atom stereocenters. The van der Waals surface area contributed by atoms with Gasteiger partial charge < -0.3 is 19.1 Å². The van der Waals surface area contributed by atoms with Crippen LogP contribution in [0, 0.1) is 11.8 Å². The van der Waals surface area contributed by atoms with E-state index in [9.17, 15) is 19.2 Å². The van der Waals surface area contributed by atoms with Crippen LogP contribution in [-0.2, 0) is 24.9 Å². The minimum Gasteiger partial charge on any atom is -0.444 e. The molecular weight excluding hydrogens is 524 g/mol. The standard InChI is InChI=1S/C30H38N6O5/c1-19(2)12-13-35-24-25(32(6)28(39)36(26(24)38)18-23(37)20-10-8-7-9-11-20)31-27(35)33-14-21-16-34(17-22(21)15-33)29(40)41-30(3,4)5/h7-12,21-22H,13-18H2,1-6H3. The van der Waals surface area contributed by atoms with Gasteiger partial charge in [0.15, 0.2) is 16.9 Å². The van der Waals surface area contributed by atoms with Crippen LogP contribution in [-0.4, -0.2) is 67.2 Å². The second-order valence-electron chi connectivity index (χ2n) is 12.3. The third-order valence-electron chi connectivity index (χ3n) is 7.71. The first-order valence-corrected chi connectivity index (χ1v) is 14.0. The molecule has 2 aliphatic rings. The summed E-state index contributed by atoms with van der Waals surface area (Å²) < 4.78 is 9.77. The van der Waals surface area contributed by atoms with E-state index < -0.39 is 16.9 Å². The zero-order chi connectivity index (χ0) is 29.6. The number of hydrogen-bond donors (Lipinski definition) is 0. The van der Waals surface area contributed by atoms with Gasteiger partial charge in [-0.2, -0.15) is 4.98 Å². The van der Waals surface area contributed by atoms with Crippen molar-refractivity contribution in [3.05, 3.63) is 68.4 Å². The number of ether oxygens (including phenoxy) is 1. The van der Waals surface area contributed by atoms with E-state index in [1.165, 1.54) is 4.57 Å². The predicted molar refractivity (Wildman–Crippen MR) is 156 cm³/mol. The van der Waals surface area contributed by atoms with E-state index in [1.807, 2.05) is 45.3 Å². The van der Waals surface area contributed by atoms with E-state index in [4.69, 9.17) is 9.72 Å². The molecule has 0 spiro atoms. The van der Waals surface area contributed by atoms with Crippen LogP contribution in [0.3, 0.4) is 0 Å². The van der Waals surface area contributed by atoms with E-state index in [1.54, 1.807) is 42.3 Å². The smallest absolute Gasteiger partial charge is 0.410 e. The Hall–Kier alpha value is -4.15. The fraction of sp³-hybridized carbons (Fsp3) is 0.500. The highest BCUT2D eigenvalue weighted by Gasteiger charge is 2.44. The van der Waals surface area contributed by atoms with Gasteiger partial charge >= 0.3 is 11.8 Å². The number of imidazole rings is 1. The Bertz CT molecular complexity index is 1620. The number of amides is 1. The number of Topliss-reactive ketones (excluding diaryl/α,β-unsaturated/α-hetero) is 1. The summed E-state index contributed by atoms with van der Waals surface area (Å²) in [5.74, 6) is 0.767. The quantitative estimate of drug-likeness (QED) is 0.335. The summed E-state index contributed by atoms with van der Waals surface area (Å²) in [6.45, 7) is 12.1. The van der Waals surface area contributed by atoms with Gasteiger partial charge in [0, 0.05) is 57.2 Å². The summed E-state index contributed by atoms with van der Waals surface area (Å²) in [4.78, 5) is 61.5. The number of aromatic nitrogens is 4. The number of ketones is 1. The number of anilines is 1. The zero-order valence-electron chi connectivity index (χ0n) is 24.6. The molecule has 5 rings (SSSR count). The number of carbonyl (C=O) groups excluding carboxylic acids is 2. The van der Waals surface area contributed by atoms with Crippen molar-refractivity contribution in [2.45, 2.75) is 53.3 Å². The maximum Gasteiger partial charge on any atom is 0.410 e. The Morgan fingerprint density at radius 3 is 2.22 bits per heavy atom. The van der Waals surface area contributed by atoms with Crippen molar-refractivity contribution in [3.63, 3.8) is 0 Å². The maximum absolute atomic E-state index is 13.8. The van der Waals surface area contributed by atoms with Gasteiger partial charge in [0.1, 0.15) is 5.60 Å². The molecule has 0 radical (unpaired) electrons. The number of fused-ring (bicyclic) bond motifs is 2. The van der Waals surface area contributed by atoms with Crippen LogP contribution in [0.4, 0.5) is 10.7 Å². The van der Waals surface area contributed by atoms with Crippen molar-refractivity contribution in [1.82, 2.24) is 23.6 Å². The number of rotatable bonds is 6. The van der Waals surface area contributed by atoms with Crippen LogP contribution < -0.4 is 16.1 Å². The van der Waals surface area contributed by atoms with Crippen LogP contribution >= 0.6 is 0 Å². The number of nitrogens with zero attached hydrogens (tertiary/aromatic N) is 6. The molecule has 1 amide bonds. The first kappa shape index (κ1) is 28.4. The summed E-state index contributed by atoms with van der Waals surface area (Å²) in [7, 11) is 1.58. The number of likely N-dealkylation sites (tertiary alicyclic amines) is 1. The highest BCUT2D eigenvalue weighted by atomic mass is 16.6. The first-order valence-electron chi connectivity index (χ1n) is 14.0. The van der Waals surface area contributed by atoms with E-state index >= 15 is 0 Å². The van der Waals surface area contributed by atoms with Gasteiger partial charge in [0.05, 0.1) is 6.54 Å². The van der Waals surface area contributed by atoms with Gasteiger partial charge in [-0.15, -0.1) is 0 Å². The Labute approximate surface area is 238 Å². The van der Waals surface area contributed by atoms with Crippen molar-refractivity contribution >= 4 is 29.0 Å². The molecular formula is C30H38N6O5. The summed E-state index contributed by atoms with van der Waals surface area (Å²) in [5, 5.41) is 0. The van der Waals surface area contributed by atoms with Crippen molar-refractivity contribution < 1.29 is 14.3 Å². The Balaban J connectivity index is 1.49. The molecule has 2 aromatic heterocycles. The van der Waals surface area contributed by atoms with E-state index in [0.717, 1.165) is 10.1 Å². The van der Waals surface area contributed by atoms with Crippen LogP contribution in [0.5, 0.6) is 0 Å². The van der Waals surface area contributed by atoms with Gasteiger partial charge in [0.2, 0.25) is 5.95 Å². The predicted octanol–water partition coefficient (Wildman–Crippen LogP) is 3.05. The lowest BCUT2D eigenvalue weighted by atomic mass is 10.0. The highest BCUT2D eigenvalue weighted by molar-refractivity contribution is 5.96. The molecule has 2 fully saturated rings. The van der Waals surface area contributed by atoms with Crippen molar-refractivity contribution in [3.8, 4) is 0 Å². The Morgan fingerprint density at radius 1 is 1.00 bits per heavy atom. The van der Waals surface area contributed by atoms with Crippen molar-refractivity contribution in [2.75, 3.05) is 31.1 Å². The van der Waals surface area contributed by atoms with Gasteiger partial charge in [-0.3, -0.25) is 18.7 Å². The number of aryl methyl sites for hydroxylation is 1. The van der Waals surface area contributed by atoms with Crippen molar-refractivity contribution in [1.29, 1.82) is 0 Å². The molecule has 218 valence electrons. The monoisotopic (exact) mass is 562 g/mol. The fourth-order valence-electron chi connectivity index (χ4n) is 5.68. The van der Waals surface area contributed by atoms with Gasteiger partial charge in [0.25, 0.3) is 5.56 Å². The molecule has 3 aromatic rings. The summed E-state index contributed by atoms with van der Waals surface area (Å²) in [5.41, 5.74) is 0.407. The lowest BCUT2D eigenvalue weighted by Crippen LogP contribution is -2.41. The molecule has 1 aromatic carbocycles. The largest absolute Gasteiger partial charge is 0.444 e. The lowest BCUT2D eigenvalue weighted by Gasteiger charge is -2.26. The van der Waals surface area contributed by atoms with Crippen molar-refractivity contribution in [2.24, 2.45) is 18.9 Å². The molecule has 2 aliphatic heterocycles. The van der Waals surface area contributed by atoms with Crippen LogP contribution in [0.2, 0.25) is 0 Å². The molecule has 4 heterocycles. The van der Waals surface area contributed by atoms with Crippen LogP contribution in [0.25, 0.3) is 11.2 Å². The molecule has 0 aliphatic carbocycles. The number of carbonyl (C=O) groups is 2. The Morgan fingerprint density at radius 2 is 1.63 bits per heavy atom. The summed E-state index contributed by atoms with van der Waals surface area (Å²) in [6.07, 6.45) is 1.71. The Kier molecular flexibility index (Phi) is 7.39. The fourth-order valence-corrected chi connectivity index (χ4v) is 5.68. The third-order valence-corrected chi connectivity index (χ3v) is 7.71. The van der Waals surface area contributed by atoms with E-state index in [2.05, 4.69) is 4.90 Å². The average molecular weight is 563 g/mol. The second kappa shape index (κ2) is 10.7. The van der Waals surface area contributed by atoms with Crippen LogP contribution in [0.15, 0.2) is 51.6 Å². The first-order chi connectivity index (χ1) is 19.3. The molecule has 0 bridgehead atoms. The number of hydrogen-bond acceptors (Lipinski definition) is 7. The molecule has 0 N–H and O–H groups in total. The number of benzene rings is 1. The minimum absolute atomic E-state index is 0.239. The second-order valence-corrected chi connectivity index (χ2v) is 12.3. The normalized spacial score (nSPS) is 18.6. The van der Waals surface area contributed by atoms with Gasteiger partial charge in [-0.05, 0) is 34.6 Å².